The van der Waals surface area contributed by atoms with Crippen LogP contribution in [-0.4, -0.2) is 30.4 Å². The van der Waals surface area contributed by atoms with Gasteiger partial charge in [0.1, 0.15) is 5.75 Å². The molecule has 2 N–H and O–H groups in total. The molecule has 0 aliphatic rings. The van der Waals surface area contributed by atoms with Crippen molar-refractivity contribution >= 4 is 0 Å². The van der Waals surface area contributed by atoms with Gasteiger partial charge in [0, 0.05) is 12.0 Å². The molecule has 0 aliphatic heterocycles. The highest BCUT2D eigenvalue weighted by molar-refractivity contribution is 5.28. The highest BCUT2D eigenvalue weighted by Gasteiger charge is 2.24. The van der Waals surface area contributed by atoms with E-state index in [1.165, 1.54) is 5.56 Å². The summed E-state index contributed by atoms with van der Waals surface area (Å²) >= 11 is 0. The lowest BCUT2D eigenvalue weighted by Gasteiger charge is -2.30. The summed E-state index contributed by atoms with van der Waals surface area (Å²) in [6, 6.07) is 8.17. The Morgan fingerprint density at radius 2 is 2.17 bits per heavy atom. The van der Waals surface area contributed by atoms with E-state index < -0.39 is 0 Å². The molecule has 18 heavy (non-hydrogen) atoms. The van der Waals surface area contributed by atoms with Gasteiger partial charge in [-0.25, -0.2) is 0 Å². The number of hydrogen-bond donors (Lipinski definition) is 2. The number of likely N-dealkylation sites (N-methyl/N-ethyl adjacent to an activating group) is 1. The lowest BCUT2D eigenvalue weighted by atomic mass is 9.96. The van der Waals surface area contributed by atoms with Crippen molar-refractivity contribution in [1.82, 2.24) is 5.32 Å². The summed E-state index contributed by atoms with van der Waals surface area (Å²) in [5.41, 5.74) is 0.986. The molecule has 0 aliphatic carbocycles. The van der Waals surface area contributed by atoms with E-state index in [1.54, 1.807) is 0 Å². The number of aliphatic hydroxyl groups is 1. The van der Waals surface area contributed by atoms with Crippen LogP contribution < -0.4 is 10.1 Å². The van der Waals surface area contributed by atoms with Crippen molar-refractivity contribution in [3.05, 3.63) is 29.8 Å². The summed E-state index contributed by atoms with van der Waals surface area (Å²) in [5.74, 6) is 0.901. The molecule has 0 heterocycles. The van der Waals surface area contributed by atoms with Gasteiger partial charge in [0.15, 0.2) is 0 Å². The molecule has 0 fully saturated rings. The van der Waals surface area contributed by atoms with Crippen molar-refractivity contribution in [3.8, 4) is 5.75 Å². The number of aryl methyl sites for hydroxylation is 1. The van der Waals surface area contributed by atoms with Crippen molar-refractivity contribution in [3.63, 3.8) is 0 Å². The number of benzene rings is 1. The zero-order valence-electron chi connectivity index (χ0n) is 11.9. The fourth-order valence-corrected chi connectivity index (χ4v) is 1.99. The van der Waals surface area contributed by atoms with Gasteiger partial charge in [0.2, 0.25) is 0 Å². The zero-order chi connectivity index (χ0) is 13.6. The third kappa shape index (κ3) is 4.31. The molecule has 102 valence electrons. The fourth-order valence-electron chi connectivity index (χ4n) is 1.99. The van der Waals surface area contributed by atoms with Gasteiger partial charge in [0.25, 0.3) is 0 Å². The summed E-state index contributed by atoms with van der Waals surface area (Å²) in [5, 5.41) is 12.5. The van der Waals surface area contributed by atoms with Crippen LogP contribution in [0.25, 0.3) is 0 Å². The second-order valence-corrected chi connectivity index (χ2v) is 5.10. The third-order valence-electron chi connectivity index (χ3n) is 3.33. The van der Waals surface area contributed by atoms with Gasteiger partial charge in [-0.15, -0.1) is 0 Å². The molecule has 0 bridgehead atoms. The minimum absolute atomic E-state index is 0.0571. The van der Waals surface area contributed by atoms with Crippen LogP contribution in [0.5, 0.6) is 5.75 Å². The normalized spacial score (nSPS) is 16.1. The number of rotatable bonds is 7. The first-order valence-electron chi connectivity index (χ1n) is 6.58. The van der Waals surface area contributed by atoms with Crippen LogP contribution in [0.2, 0.25) is 0 Å². The van der Waals surface area contributed by atoms with Gasteiger partial charge in [-0.2, -0.15) is 0 Å². The van der Waals surface area contributed by atoms with E-state index >= 15 is 0 Å². The number of aliphatic hydroxyl groups excluding tert-OH is 1. The Morgan fingerprint density at radius 1 is 1.44 bits per heavy atom. The van der Waals surface area contributed by atoms with Crippen LogP contribution in [0, 0.1) is 0 Å². The Kier molecular flexibility index (Phi) is 5.63. The van der Waals surface area contributed by atoms with E-state index in [0.717, 1.165) is 18.6 Å². The minimum atomic E-state index is -0.290. The van der Waals surface area contributed by atoms with E-state index in [4.69, 9.17) is 4.74 Å². The van der Waals surface area contributed by atoms with Crippen LogP contribution >= 0.6 is 0 Å². The highest BCUT2D eigenvalue weighted by Crippen LogP contribution is 2.19. The quantitative estimate of drug-likeness (QED) is 0.782. The fraction of sp³-hybridized carbons (Fsp3) is 0.600. The Bertz CT molecular complexity index is 361. The molecule has 0 aromatic heterocycles. The number of ether oxygens (including phenoxy) is 1. The monoisotopic (exact) mass is 251 g/mol. The molecule has 2 unspecified atom stereocenters. The predicted molar refractivity (Wildman–Crippen MR) is 75.1 cm³/mol. The van der Waals surface area contributed by atoms with Gasteiger partial charge in [-0.05, 0) is 45.0 Å². The lowest BCUT2D eigenvalue weighted by Crippen LogP contribution is -2.46. The first kappa shape index (κ1) is 15.0. The van der Waals surface area contributed by atoms with Gasteiger partial charge in [-0.3, -0.25) is 0 Å². The highest BCUT2D eigenvalue weighted by atomic mass is 16.5. The van der Waals surface area contributed by atoms with Crippen LogP contribution in [0.1, 0.15) is 32.8 Å². The molecule has 3 heteroatoms. The molecule has 3 nitrogen and oxygen atoms in total. The Balaban J connectivity index is 2.61. The third-order valence-corrected chi connectivity index (χ3v) is 3.33. The summed E-state index contributed by atoms with van der Waals surface area (Å²) in [7, 11) is 1.86. The van der Waals surface area contributed by atoms with Crippen LogP contribution in [0.3, 0.4) is 0 Å². The Labute approximate surface area is 110 Å². The SMILES string of the molecule is CCc1cccc(OC(C)CC(C)(CO)NC)c1. The second-order valence-electron chi connectivity index (χ2n) is 5.10. The molecular weight excluding hydrogens is 226 g/mol. The molecule has 0 amide bonds. The molecular formula is C15H25NO2. The topological polar surface area (TPSA) is 41.5 Å². The molecule has 0 spiro atoms. The van der Waals surface area contributed by atoms with Gasteiger partial charge in [0.05, 0.1) is 12.7 Å². The minimum Gasteiger partial charge on any atom is -0.491 e. The molecule has 0 saturated carbocycles. The standard InChI is InChI=1S/C15H25NO2/c1-5-13-7-6-8-14(9-13)18-12(2)10-15(3,11-17)16-4/h6-9,12,16-17H,5,10-11H2,1-4H3. The van der Waals surface area contributed by atoms with E-state index in [2.05, 4.69) is 24.4 Å². The average Bonchev–Trinajstić information content (AvgIpc) is 2.38. The van der Waals surface area contributed by atoms with Gasteiger partial charge >= 0.3 is 0 Å². The molecule has 2 atom stereocenters. The molecule has 1 aromatic carbocycles. The average molecular weight is 251 g/mol. The van der Waals surface area contributed by atoms with Crippen LogP contribution in [0.15, 0.2) is 24.3 Å². The first-order chi connectivity index (χ1) is 8.53. The van der Waals surface area contributed by atoms with Gasteiger partial charge in [-0.1, -0.05) is 19.1 Å². The maximum absolute atomic E-state index is 9.36. The lowest BCUT2D eigenvalue weighted by molar-refractivity contribution is 0.115. The maximum atomic E-state index is 9.36. The summed E-state index contributed by atoms with van der Waals surface area (Å²) in [6.45, 7) is 6.26. The number of hydrogen-bond acceptors (Lipinski definition) is 3. The molecule has 0 saturated heterocycles. The van der Waals surface area contributed by atoms with Crippen molar-refractivity contribution in [2.75, 3.05) is 13.7 Å². The first-order valence-corrected chi connectivity index (χ1v) is 6.58. The van der Waals surface area contributed by atoms with Crippen LogP contribution in [0.4, 0.5) is 0 Å². The maximum Gasteiger partial charge on any atom is 0.119 e. The van der Waals surface area contributed by atoms with Crippen LogP contribution in [-0.2, 0) is 6.42 Å². The van der Waals surface area contributed by atoms with E-state index in [0.29, 0.717) is 0 Å². The Morgan fingerprint density at radius 3 is 2.72 bits per heavy atom. The van der Waals surface area contributed by atoms with Crippen molar-refractivity contribution in [1.29, 1.82) is 0 Å². The van der Waals surface area contributed by atoms with Gasteiger partial charge < -0.3 is 15.2 Å². The second kappa shape index (κ2) is 6.76. The van der Waals surface area contributed by atoms with E-state index in [1.807, 2.05) is 33.0 Å². The summed E-state index contributed by atoms with van der Waals surface area (Å²) in [6.07, 6.45) is 1.83. The predicted octanol–water partition coefficient (Wildman–Crippen LogP) is 2.38. The molecule has 0 radical (unpaired) electrons. The van der Waals surface area contributed by atoms with Crippen molar-refractivity contribution in [2.45, 2.75) is 45.3 Å². The zero-order valence-corrected chi connectivity index (χ0v) is 11.9. The van der Waals surface area contributed by atoms with Crippen molar-refractivity contribution in [2.24, 2.45) is 0 Å². The van der Waals surface area contributed by atoms with E-state index in [-0.39, 0.29) is 18.2 Å². The molecule has 1 rings (SSSR count). The summed E-state index contributed by atoms with van der Waals surface area (Å²) < 4.78 is 5.91. The largest absolute Gasteiger partial charge is 0.491 e. The van der Waals surface area contributed by atoms with Crippen molar-refractivity contribution < 1.29 is 9.84 Å². The number of nitrogens with one attached hydrogen (secondary N) is 1. The Hall–Kier alpha value is -1.06. The van der Waals surface area contributed by atoms with E-state index in [9.17, 15) is 5.11 Å². The summed E-state index contributed by atoms with van der Waals surface area (Å²) in [4.78, 5) is 0. The smallest absolute Gasteiger partial charge is 0.119 e. The molecule has 1 aromatic rings.